The molecule has 0 spiro atoms. The highest BCUT2D eigenvalue weighted by Crippen LogP contribution is 2.27. The van der Waals surface area contributed by atoms with Crippen molar-refractivity contribution in [3.8, 4) is 0 Å². The Labute approximate surface area is 97.0 Å². The molecule has 0 radical (unpaired) electrons. The van der Waals surface area contributed by atoms with E-state index in [9.17, 15) is 18.0 Å². The zero-order valence-corrected chi connectivity index (χ0v) is 9.09. The molecule has 0 saturated heterocycles. The average molecular weight is 257 g/mol. The van der Waals surface area contributed by atoms with Gasteiger partial charge in [-0.1, -0.05) is 18.2 Å². The van der Waals surface area contributed by atoms with Crippen molar-refractivity contribution < 1.29 is 28.2 Å². The van der Waals surface area contributed by atoms with Crippen LogP contribution in [0.3, 0.4) is 0 Å². The van der Waals surface area contributed by atoms with Crippen LogP contribution in [0.5, 0.6) is 0 Å². The van der Waals surface area contributed by atoms with Crippen LogP contribution in [0.2, 0.25) is 0 Å². The third-order valence-electron chi connectivity index (χ3n) is 1.91. The molecule has 0 saturated carbocycles. The van der Waals surface area contributed by atoms with Crippen LogP contribution < -0.4 is 0 Å². The van der Waals surface area contributed by atoms with Gasteiger partial charge in [0.15, 0.2) is 5.92 Å². The van der Waals surface area contributed by atoms with E-state index in [4.69, 9.17) is 10.2 Å². The topological polar surface area (TPSA) is 121 Å². The summed E-state index contributed by atoms with van der Waals surface area (Å²) >= 11 is 0. The average Bonchev–Trinajstić information content (AvgIpc) is 2.18. The fourth-order valence-corrected chi connectivity index (χ4v) is 1.59. The Morgan fingerprint density at radius 2 is 1.65 bits per heavy atom. The van der Waals surface area contributed by atoms with Crippen LogP contribution in [0.4, 0.5) is 5.69 Å². The Hall–Kier alpha value is -2.22. The lowest BCUT2D eigenvalue weighted by Crippen LogP contribution is -2.21. The van der Waals surface area contributed by atoms with Gasteiger partial charge >= 0.3 is 22.4 Å². The number of carboxylic acids is 2. The van der Waals surface area contributed by atoms with Gasteiger partial charge in [-0.2, -0.15) is 8.42 Å². The number of aliphatic carboxylic acids is 2. The molecule has 0 amide bonds. The number of benzene rings is 1. The van der Waals surface area contributed by atoms with Crippen molar-refractivity contribution in [1.29, 1.82) is 0 Å². The number of hydrogen-bond donors (Lipinski definition) is 2. The lowest BCUT2D eigenvalue weighted by atomic mass is 9.98. The maximum atomic E-state index is 10.8. The molecule has 0 aromatic heterocycles. The van der Waals surface area contributed by atoms with E-state index in [2.05, 4.69) is 4.36 Å². The zero-order valence-electron chi connectivity index (χ0n) is 8.27. The molecular weight excluding hydrogens is 250 g/mol. The van der Waals surface area contributed by atoms with E-state index in [1.165, 1.54) is 24.3 Å². The van der Waals surface area contributed by atoms with Crippen LogP contribution >= 0.6 is 0 Å². The largest absolute Gasteiger partial charge is 0.480 e. The van der Waals surface area contributed by atoms with Gasteiger partial charge < -0.3 is 10.2 Å². The van der Waals surface area contributed by atoms with Gasteiger partial charge in [0.25, 0.3) is 0 Å². The summed E-state index contributed by atoms with van der Waals surface area (Å²) in [6, 6.07) is 5.26. The molecule has 7 nitrogen and oxygen atoms in total. The van der Waals surface area contributed by atoms with Gasteiger partial charge in [0, 0.05) is 5.56 Å². The van der Waals surface area contributed by atoms with Crippen LogP contribution in [0.1, 0.15) is 11.5 Å². The number of hydrogen-bond acceptors (Lipinski definition) is 5. The molecule has 0 unspecified atom stereocenters. The van der Waals surface area contributed by atoms with E-state index in [0.29, 0.717) is 0 Å². The quantitative estimate of drug-likeness (QED) is 0.763. The summed E-state index contributed by atoms with van der Waals surface area (Å²) in [6.45, 7) is 0. The summed E-state index contributed by atoms with van der Waals surface area (Å²) in [5, 5.41) is 17.6. The van der Waals surface area contributed by atoms with Gasteiger partial charge in [0.05, 0.1) is 5.69 Å². The van der Waals surface area contributed by atoms with Crippen molar-refractivity contribution >= 4 is 28.1 Å². The molecule has 1 rings (SSSR count). The highest BCUT2D eigenvalue weighted by atomic mass is 32.2. The van der Waals surface area contributed by atoms with E-state index in [-0.39, 0.29) is 11.3 Å². The minimum absolute atomic E-state index is 0.184. The number of carboxylic acid groups (broad SMARTS) is 2. The summed E-state index contributed by atoms with van der Waals surface area (Å²) in [5.41, 5.74) is -0.382. The molecule has 0 bridgehead atoms. The smallest absolute Gasteiger partial charge is 0.322 e. The lowest BCUT2D eigenvalue weighted by Gasteiger charge is -2.09. The molecule has 0 aliphatic carbocycles. The molecule has 0 heterocycles. The highest BCUT2D eigenvalue weighted by molar-refractivity contribution is 7.61. The van der Waals surface area contributed by atoms with Gasteiger partial charge in [0.2, 0.25) is 0 Å². The molecule has 1 aromatic carbocycles. The minimum Gasteiger partial charge on any atom is -0.480 e. The highest BCUT2D eigenvalue weighted by Gasteiger charge is 2.30. The monoisotopic (exact) mass is 257 g/mol. The molecular formula is C9H7NO6S. The van der Waals surface area contributed by atoms with Crippen LogP contribution in [0.15, 0.2) is 28.6 Å². The maximum Gasteiger partial charge on any atom is 0.322 e. The van der Waals surface area contributed by atoms with Crippen molar-refractivity contribution in [3.63, 3.8) is 0 Å². The van der Waals surface area contributed by atoms with Crippen molar-refractivity contribution in [2.45, 2.75) is 5.92 Å². The van der Waals surface area contributed by atoms with Crippen molar-refractivity contribution in [2.75, 3.05) is 0 Å². The Morgan fingerprint density at radius 3 is 2.12 bits per heavy atom. The molecule has 8 heteroatoms. The summed E-state index contributed by atoms with van der Waals surface area (Å²) in [7, 11) is -2.78. The molecule has 0 fully saturated rings. The first-order chi connectivity index (χ1) is 7.93. The standard InChI is InChI=1S/C9H7NO6S/c11-8(12)7(9(13)14)5-3-1-2-4-6(5)10-17(15)16/h1-4,7H,(H,11,12)(H,13,14). The number of carbonyl (C=O) groups is 2. The first kappa shape index (κ1) is 12.8. The number of rotatable bonds is 4. The maximum absolute atomic E-state index is 10.8. The second kappa shape index (κ2) is 5.21. The molecule has 17 heavy (non-hydrogen) atoms. The van der Waals surface area contributed by atoms with Crippen molar-refractivity contribution in [3.05, 3.63) is 29.8 Å². The van der Waals surface area contributed by atoms with Gasteiger partial charge in [-0.3, -0.25) is 9.59 Å². The van der Waals surface area contributed by atoms with Gasteiger partial charge in [-0.05, 0) is 6.07 Å². The second-order valence-electron chi connectivity index (χ2n) is 2.98. The normalized spacial score (nSPS) is 9.94. The Morgan fingerprint density at radius 1 is 1.12 bits per heavy atom. The van der Waals surface area contributed by atoms with Crippen LogP contribution in [0, 0.1) is 0 Å². The van der Waals surface area contributed by atoms with Gasteiger partial charge in [-0.15, -0.1) is 4.36 Å². The van der Waals surface area contributed by atoms with Gasteiger partial charge in [0.1, 0.15) is 0 Å². The third kappa shape index (κ3) is 3.11. The van der Waals surface area contributed by atoms with E-state index in [1.807, 2.05) is 0 Å². The summed E-state index contributed by atoms with van der Waals surface area (Å²) < 4.78 is 24.0. The Bertz CT molecular complexity index is 569. The van der Waals surface area contributed by atoms with Crippen LogP contribution in [0.25, 0.3) is 0 Å². The SMILES string of the molecule is O=C(O)C(C(=O)O)c1ccccc1N=S(=O)=O. The van der Waals surface area contributed by atoms with Crippen LogP contribution in [-0.2, 0) is 20.1 Å². The molecule has 0 atom stereocenters. The first-order valence-corrected chi connectivity index (χ1v) is 5.32. The Kier molecular flexibility index (Phi) is 3.94. The summed E-state index contributed by atoms with van der Waals surface area (Å²) in [4.78, 5) is 21.6. The van der Waals surface area contributed by atoms with E-state index >= 15 is 0 Å². The zero-order chi connectivity index (χ0) is 13.0. The Balaban J connectivity index is 3.43. The minimum atomic E-state index is -2.78. The predicted molar refractivity (Wildman–Crippen MR) is 55.5 cm³/mol. The molecule has 0 aliphatic heterocycles. The van der Waals surface area contributed by atoms with Crippen molar-refractivity contribution in [2.24, 2.45) is 4.36 Å². The molecule has 2 N–H and O–H groups in total. The fourth-order valence-electron chi connectivity index (χ4n) is 1.27. The summed E-state index contributed by atoms with van der Waals surface area (Å²) in [5.74, 6) is -5.02. The molecule has 1 aromatic rings. The number of nitrogens with zero attached hydrogens (tertiary/aromatic N) is 1. The van der Waals surface area contributed by atoms with E-state index < -0.39 is 28.4 Å². The predicted octanol–water partition coefficient (Wildman–Crippen LogP) is 0.634. The second-order valence-corrected chi connectivity index (χ2v) is 3.59. The fraction of sp³-hybridized carbons (Fsp3) is 0.111. The molecule has 0 aliphatic rings. The van der Waals surface area contributed by atoms with E-state index in [1.54, 1.807) is 0 Å². The molecule has 90 valence electrons. The van der Waals surface area contributed by atoms with E-state index in [0.717, 1.165) is 0 Å². The summed E-state index contributed by atoms with van der Waals surface area (Å²) in [6.07, 6.45) is 0. The van der Waals surface area contributed by atoms with Crippen molar-refractivity contribution in [1.82, 2.24) is 0 Å². The third-order valence-corrected chi connectivity index (χ3v) is 2.26. The first-order valence-electron chi connectivity index (χ1n) is 4.29. The van der Waals surface area contributed by atoms with Crippen LogP contribution in [-0.4, -0.2) is 30.6 Å². The lowest BCUT2D eigenvalue weighted by molar-refractivity contribution is -0.150. The van der Waals surface area contributed by atoms with Gasteiger partial charge in [-0.25, -0.2) is 0 Å².